The molecule has 108 valence electrons. The molecule has 0 bridgehead atoms. The largest absolute Gasteiger partial charge is 0.463 e. The molecule has 0 saturated heterocycles. The summed E-state index contributed by atoms with van der Waals surface area (Å²) in [5.74, 6) is -0.318. The molecule has 0 aromatic heterocycles. The van der Waals surface area contributed by atoms with Gasteiger partial charge in [-0.25, -0.2) is 4.79 Å². The van der Waals surface area contributed by atoms with Crippen LogP contribution in [0.3, 0.4) is 0 Å². The van der Waals surface area contributed by atoms with Crippen molar-refractivity contribution in [2.75, 3.05) is 13.2 Å². The summed E-state index contributed by atoms with van der Waals surface area (Å²) in [4.78, 5) is 10.5. The third-order valence-electron chi connectivity index (χ3n) is 2.42. The number of carbonyl (C=O) groups excluding carboxylic acids is 1. The Morgan fingerprint density at radius 2 is 1.61 bits per heavy atom. The van der Waals surface area contributed by atoms with Crippen LogP contribution in [0, 0.1) is 0 Å². The number of unbranched alkanes of at least 4 members (excludes halogenated alkanes) is 6. The average Bonchev–Trinajstić information content (AvgIpc) is 2.39. The van der Waals surface area contributed by atoms with E-state index in [4.69, 9.17) is 9.84 Å². The normalized spacial score (nSPS) is 9.28. The number of hydrogen-bond acceptors (Lipinski definition) is 3. The summed E-state index contributed by atoms with van der Waals surface area (Å²) in [5, 5.41) is 8.29. The lowest BCUT2D eigenvalue weighted by Gasteiger charge is -1.99. The number of ether oxygens (including phenoxy) is 1. The topological polar surface area (TPSA) is 46.5 Å². The molecule has 0 fully saturated rings. The zero-order valence-electron chi connectivity index (χ0n) is 12.1. The molecular weight excluding hydrogens is 228 g/mol. The molecule has 0 heterocycles. The third kappa shape index (κ3) is 20.6. The van der Waals surface area contributed by atoms with Crippen LogP contribution in [-0.4, -0.2) is 24.3 Å². The van der Waals surface area contributed by atoms with E-state index in [0.717, 1.165) is 19.3 Å². The number of hydrogen-bond donors (Lipinski definition) is 1. The van der Waals surface area contributed by atoms with E-state index in [0.29, 0.717) is 13.2 Å². The van der Waals surface area contributed by atoms with Gasteiger partial charge in [-0.05, 0) is 12.8 Å². The van der Waals surface area contributed by atoms with Crippen molar-refractivity contribution in [2.45, 2.75) is 65.2 Å². The van der Waals surface area contributed by atoms with Crippen LogP contribution >= 0.6 is 0 Å². The Morgan fingerprint density at radius 3 is 2.06 bits per heavy atom. The van der Waals surface area contributed by atoms with Crippen LogP contribution in [0.1, 0.15) is 65.2 Å². The molecule has 0 aliphatic carbocycles. The quantitative estimate of drug-likeness (QED) is 0.368. The Kier molecular flexibility index (Phi) is 20.1. The molecule has 3 nitrogen and oxygen atoms in total. The van der Waals surface area contributed by atoms with E-state index in [-0.39, 0.29) is 5.97 Å². The summed E-state index contributed by atoms with van der Waals surface area (Å²) >= 11 is 0. The van der Waals surface area contributed by atoms with Crippen molar-refractivity contribution < 1.29 is 14.6 Å². The number of rotatable bonds is 10. The second-order valence-corrected chi connectivity index (χ2v) is 4.22. The fraction of sp³-hybridized carbons (Fsp3) is 0.800. The number of aliphatic hydroxyl groups is 1. The van der Waals surface area contributed by atoms with Gasteiger partial charge in [0, 0.05) is 12.7 Å². The molecular formula is C15H30O3. The average molecular weight is 258 g/mol. The number of carbonyl (C=O) groups is 1. The van der Waals surface area contributed by atoms with Gasteiger partial charge < -0.3 is 9.84 Å². The Hall–Kier alpha value is -0.830. The van der Waals surface area contributed by atoms with Crippen LogP contribution in [0.4, 0.5) is 0 Å². The smallest absolute Gasteiger partial charge is 0.330 e. The molecule has 3 heteroatoms. The molecule has 0 amide bonds. The molecule has 0 aliphatic heterocycles. The maximum absolute atomic E-state index is 10.5. The van der Waals surface area contributed by atoms with Crippen molar-refractivity contribution in [1.82, 2.24) is 0 Å². The summed E-state index contributed by atoms with van der Waals surface area (Å²) < 4.78 is 4.78. The Morgan fingerprint density at radius 1 is 1.06 bits per heavy atom. The first-order chi connectivity index (χ1) is 8.72. The minimum atomic E-state index is -0.318. The van der Waals surface area contributed by atoms with Crippen LogP contribution in [0.5, 0.6) is 0 Å². The summed E-state index contributed by atoms with van der Waals surface area (Å²) in [6.45, 7) is 8.51. The zero-order valence-corrected chi connectivity index (χ0v) is 12.1. The van der Waals surface area contributed by atoms with E-state index in [1.165, 1.54) is 38.2 Å². The monoisotopic (exact) mass is 258 g/mol. The minimum absolute atomic E-state index is 0.318. The highest BCUT2D eigenvalue weighted by molar-refractivity contribution is 5.81. The molecule has 0 spiro atoms. The van der Waals surface area contributed by atoms with Gasteiger partial charge in [-0.3, -0.25) is 0 Å². The van der Waals surface area contributed by atoms with Gasteiger partial charge in [0.1, 0.15) is 0 Å². The van der Waals surface area contributed by atoms with E-state index in [2.05, 4.69) is 20.4 Å². The highest BCUT2D eigenvalue weighted by Crippen LogP contribution is 1.98. The van der Waals surface area contributed by atoms with Crippen LogP contribution in [0.15, 0.2) is 12.7 Å². The van der Waals surface area contributed by atoms with Gasteiger partial charge in [0.05, 0.1) is 6.61 Å². The molecule has 0 rings (SSSR count). The van der Waals surface area contributed by atoms with Crippen LogP contribution < -0.4 is 0 Å². The van der Waals surface area contributed by atoms with E-state index in [1.54, 1.807) is 0 Å². The lowest BCUT2D eigenvalue weighted by Crippen LogP contribution is -2.01. The second kappa shape index (κ2) is 18.5. The van der Waals surface area contributed by atoms with Crippen LogP contribution in [-0.2, 0) is 9.53 Å². The number of aliphatic hydroxyl groups excluding tert-OH is 1. The summed E-state index contributed by atoms with van der Waals surface area (Å²) in [6, 6.07) is 0. The predicted octanol–water partition coefficient (Wildman–Crippen LogP) is 3.85. The molecule has 0 radical (unpaired) electrons. The first-order valence-corrected chi connectivity index (χ1v) is 7.12. The van der Waals surface area contributed by atoms with Crippen molar-refractivity contribution in [2.24, 2.45) is 0 Å². The molecule has 0 aliphatic rings. The van der Waals surface area contributed by atoms with Gasteiger partial charge in [-0.1, -0.05) is 59.0 Å². The molecule has 0 aromatic carbocycles. The van der Waals surface area contributed by atoms with E-state index >= 15 is 0 Å². The van der Waals surface area contributed by atoms with E-state index in [1.807, 2.05) is 0 Å². The van der Waals surface area contributed by atoms with Gasteiger partial charge in [0.2, 0.25) is 0 Å². The molecule has 0 aromatic rings. The Labute approximate surface area is 112 Å². The molecule has 1 N–H and O–H groups in total. The van der Waals surface area contributed by atoms with Crippen molar-refractivity contribution in [3.63, 3.8) is 0 Å². The van der Waals surface area contributed by atoms with Crippen LogP contribution in [0.25, 0.3) is 0 Å². The fourth-order valence-corrected chi connectivity index (χ4v) is 1.30. The second-order valence-electron chi connectivity index (χ2n) is 4.22. The maximum Gasteiger partial charge on any atom is 0.330 e. The van der Waals surface area contributed by atoms with Crippen molar-refractivity contribution in [3.8, 4) is 0 Å². The standard InChI is InChI=1S/C9H16O2.C6H14O/c1-3-5-6-7-8-11-9(10)4-2;1-2-3-4-5-6-7/h4H,2-3,5-8H2,1H3;7H,2-6H2,1H3. The van der Waals surface area contributed by atoms with E-state index in [9.17, 15) is 4.79 Å². The summed E-state index contributed by atoms with van der Waals surface area (Å²) in [6.07, 6.45) is 10.4. The van der Waals surface area contributed by atoms with E-state index < -0.39 is 0 Å². The van der Waals surface area contributed by atoms with Crippen molar-refractivity contribution >= 4 is 5.97 Å². The predicted molar refractivity (Wildman–Crippen MR) is 76.5 cm³/mol. The summed E-state index contributed by atoms with van der Waals surface area (Å²) in [7, 11) is 0. The van der Waals surface area contributed by atoms with Crippen molar-refractivity contribution in [3.05, 3.63) is 12.7 Å². The number of esters is 1. The minimum Gasteiger partial charge on any atom is -0.463 e. The highest BCUT2D eigenvalue weighted by Gasteiger charge is 1.93. The van der Waals surface area contributed by atoms with Crippen LogP contribution in [0.2, 0.25) is 0 Å². The van der Waals surface area contributed by atoms with Crippen molar-refractivity contribution in [1.29, 1.82) is 0 Å². The summed E-state index contributed by atoms with van der Waals surface area (Å²) in [5.41, 5.74) is 0. The van der Waals surface area contributed by atoms with Gasteiger partial charge in [0.25, 0.3) is 0 Å². The van der Waals surface area contributed by atoms with Gasteiger partial charge in [-0.2, -0.15) is 0 Å². The van der Waals surface area contributed by atoms with Gasteiger partial charge in [0.15, 0.2) is 0 Å². The highest BCUT2D eigenvalue weighted by atomic mass is 16.5. The fourth-order valence-electron chi connectivity index (χ4n) is 1.30. The Balaban J connectivity index is 0. The third-order valence-corrected chi connectivity index (χ3v) is 2.42. The lowest BCUT2D eigenvalue weighted by atomic mass is 10.2. The lowest BCUT2D eigenvalue weighted by molar-refractivity contribution is -0.137. The zero-order chi connectivity index (χ0) is 14.1. The molecule has 0 atom stereocenters. The Bertz CT molecular complexity index is 175. The molecule has 0 unspecified atom stereocenters. The van der Waals surface area contributed by atoms with Gasteiger partial charge in [-0.15, -0.1) is 0 Å². The maximum atomic E-state index is 10.5. The molecule has 0 saturated carbocycles. The first kappa shape index (κ1) is 19.5. The van der Waals surface area contributed by atoms with Gasteiger partial charge >= 0.3 is 5.97 Å². The first-order valence-electron chi connectivity index (χ1n) is 7.12. The molecule has 18 heavy (non-hydrogen) atoms. The SMILES string of the molecule is C=CC(=O)OCCCCCC.CCCCCCO.